The molecule has 0 aromatic carbocycles. The molecule has 0 saturated carbocycles. The molecule has 0 spiro atoms. The van der Waals surface area contributed by atoms with E-state index < -0.39 is 0 Å². The van der Waals surface area contributed by atoms with Crippen LogP contribution in [0.4, 0.5) is 0 Å². The van der Waals surface area contributed by atoms with Gasteiger partial charge in [-0.25, -0.2) is 4.98 Å². The predicted octanol–water partition coefficient (Wildman–Crippen LogP) is 5.51. The Hall–Kier alpha value is -0.790. The summed E-state index contributed by atoms with van der Waals surface area (Å²) in [4.78, 5) is 8.49. The van der Waals surface area contributed by atoms with Crippen molar-refractivity contribution < 1.29 is 0 Å². The van der Waals surface area contributed by atoms with Crippen molar-refractivity contribution in [2.75, 3.05) is 0 Å². The van der Waals surface area contributed by atoms with Crippen LogP contribution in [0.3, 0.4) is 0 Å². The number of H-pyrrole nitrogens is 1. The number of rotatable bonds is 7. The summed E-state index contributed by atoms with van der Waals surface area (Å²) in [5, 5.41) is 0. The van der Waals surface area contributed by atoms with Gasteiger partial charge in [-0.1, -0.05) is 67.7 Å². The summed E-state index contributed by atoms with van der Waals surface area (Å²) in [6.07, 6.45) is 5.13. The van der Waals surface area contributed by atoms with Crippen LogP contribution in [0.15, 0.2) is 0 Å². The number of aromatic nitrogens is 2. The van der Waals surface area contributed by atoms with Crippen LogP contribution in [0.1, 0.15) is 103 Å². The molecule has 1 aromatic heterocycles. The minimum atomic E-state index is 0.179. The van der Waals surface area contributed by atoms with Crippen LogP contribution in [0.25, 0.3) is 0 Å². The highest BCUT2D eigenvalue weighted by atomic mass is 15.0. The first-order valence-corrected chi connectivity index (χ1v) is 7.89. The average Bonchev–Trinajstić information content (AvgIpc) is 2.74. The summed E-state index contributed by atoms with van der Waals surface area (Å²) in [6.45, 7) is 15.9. The average molecular weight is 264 g/mol. The minimum Gasteiger partial charge on any atom is -0.345 e. The Morgan fingerprint density at radius 3 is 2.16 bits per heavy atom. The van der Waals surface area contributed by atoms with Crippen molar-refractivity contribution in [1.82, 2.24) is 9.97 Å². The Kier molecular flexibility index (Phi) is 5.64. The van der Waals surface area contributed by atoms with Crippen molar-refractivity contribution in [1.29, 1.82) is 0 Å². The van der Waals surface area contributed by atoms with Crippen LogP contribution in [0.5, 0.6) is 0 Å². The monoisotopic (exact) mass is 264 g/mol. The molecule has 0 aliphatic rings. The Balaban J connectivity index is 3.02. The fourth-order valence-corrected chi connectivity index (χ4v) is 2.55. The summed E-state index contributed by atoms with van der Waals surface area (Å²) < 4.78 is 0. The summed E-state index contributed by atoms with van der Waals surface area (Å²) in [7, 11) is 0. The van der Waals surface area contributed by atoms with Crippen LogP contribution in [-0.4, -0.2) is 9.97 Å². The van der Waals surface area contributed by atoms with E-state index in [1.165, 1.54) is 37.1 Å². The first-order chi connectivity index (χ1) is 8.79. The van der Waals surface area contributed by atoms with Gasteiger partial charge < -0.3 is 4.98 Å². The first-order valence-electron chi connectivity index (χ1n) is 7.89. The lowest BCUT2D eigenvalue weighted by molar-refractivity contribution is 0.434. The molecule has 0 unspecified atom stereocenters. The Morgan fingerprint density at radius 2 is 1.68 bits per heavy atom. The minimum absolute atomic E-state index is 0.179. The number of nitrogens with zero attached hydrogens (tertiary/aromatic N) is 1. The molecule has 0 fully saturated rings. The molecule has 0 aliphatic heterocycles. The van der Waals surface area contributed by atoms with Gasteiger partial charge in [0, 0.05) is 17.0 Å². The van der Waals surface area contributed by atoms with Crippen LogP contribution in [-0.2, 0) is 5.41 Å². The second-order valence-electron chi connectivity index (χ2n) is 7.03. The van der Waals surface area contributed by atoms with Crippen LogP contribution >= 0.6 is 0 Å². The topological polar surface area (TPSA) is 28.7 Å². The van der Waals surface area contributed by atoms with E-state index in [1.54, 1.807) is 0 Å². The lowest BCUT2D eigenvalue weighted by atomic mass is 9.81. The molecule has 0 aliphatic carbocycles. The van der Waals surface area contributed by atoms with E-state index in [2.05, 4.69) is 53.5 Å². The molecular weight excluding hydrogens is 232 g/mol. The molecule has 110 valence electrons. The second-order valence-corrected chi connectivity index (χ2v) is 7.03. The van der Waals surface area contributed by atoms with Crippen molar-refractivity contribution in [2.24, 2.45) is 0 Å². The van der Waals surface area contributed by atoms with Gasteiger partial charge in [-0.2, -0.15) is 0 Å². The summed E-state index contributed by atoms with van der Waals surface area (Å²) in [5.74, 6) is 2.13. The molecule has 0 bridgehead atoms. The van der Waals surface area contributed by atoms with Gasteiger partial charge >= 0.3 is 0 Å². The van der Waals surface area contributed by atoms with Gasteiger partial charge in [-0.05, 0) is 12.3 Å². The fourth-order valence-electron chi connectivity index (χ4n) is 2.55. The second kappa shape index (κ2) is 6.58. The third-order valence-corrected chi connectivity index (χ3v) is 3.92. The maximum absolute atomic E-state index is 4.93. The zero-order valence-corrected chi connectivity index (χ0v) is 13.9. The van der Waals surface area contributed by atoms with Gasteiger partial charge in [0.25, 0.3) is 0 Å². The van der Waals surface area contributed by atoms with Crippen molar-refractivity contribution >= 4 is 0 Å². The van der Waals surface area contributed by atoms with Gasteiger partial charge in [0.05, 0.1) is 5.69 Å². The summed E-state index contributed by atoms with van der Waals surface area (Å²) in [6, 6.07) is 0. The third-order valence-electron chi connectivity index (χ3n) is 3.92. The van der Waals surface area contributed by atoms with E-state index in [0.29, 0.717) is 11.8 Å². The first kappa shape index (κ1) is 16.3. The number of imidazole rings is 1. The molecule has 0 radical (unpaired) electrons. The van der Waals surface area contributed by atoms with Crippen molar-refractivity contribution in [3.63, 3.8) is 0 Å². The number of aromatic amines is 1. The van der Waals surface area contributed by atoms with E-state index in [9.17, 15) is 0 Å². The Labute approximate surface area is 119 Å². The van der Waals surface area contributed by atoms with E-state index in [-0.39, 0.29) is 5.41 Å². The van der Waals surface area contributed by atoms with Gasteiger partial charge in [-0.3, -0.25) is 0 Å². The predicted molar refractivity (Wildman–Crippen MR) is 83.9 cm³/mol. The molecule has 1 N–H and O–H groups in total. The highest BCUT2D eigenvalue weighted by Crippen LogP contribution is 2.34. The zero-order valence-electron chi connectivity index (χ0n) is 13.9. The summed E-state index contributed by atoms with van der Waals surface area (Å²) in [5.41, 5.74) is 2.81. The van der Waals surface area contributed by atoms with Crippen molar-refractivity contribution in [3.05, 3.63) is 17.2 Å². The molecule has 1 heterocycles. The highest BCUT2D eigenvalue weighted by molar-refractivity contribution is 5.26. The Morgan fingerprint density at radius 1 is 1.05 bits per heavy atom. The Bertz CT molecular complexity index is 386. The maximum atomic E-state index is 4.93. The van der Waals surface area contributed by atoms with E-state index >= 15 is 0 Å². The van der Waals surface area contributed by atoms with Crippen molar-refractivity contribution in [3.8, 4) is 0 Å². The molecule has 0 saturated heterocycles. The smallest absolute Gasteiger partial charge is 0.109 e. The third kappa shape index (κ3) is 4.09. The fraction of sp³-hybridized carbons (Fsp3) is 0.824. The van der Waals surface area contributed by atoms with Gasteiger partial charge in [0.2, 0.25) is 0 Å². The summed E-state index contributed by atoms with van der Waals surface area (Å²) >= 11 is 0. The largest absolute Gasteiger partial charge is 0.345 e. The van der Waals surface area contributed by atoms with E-state index in [1.807, 2.05) is 0 Å². The number of unbranched alkanes of at least 4 members (excludes halogenated alkanes) is 2. The van der Waals surface area contributed by atoms with Crippen LogP contribution < -0.4 is 0 Å². The van der Waals surface area contributed by atoms with Crippen molar-refractivity contribution in [2.45, 2.75) is 91.4 Å². The van der Waals surface area contributed by atoms with E-state index in [4.69, 9.17) is 4.98 Å². The SMILES string of the molecule is CCCCCC(C)(C)c1nc(C(C)C)[nH]c1C(C)C. The quantitative estimate of drug-likeness (QED) is 0.646. The van der Waals surface area contributed by atoms with Gasteiger partial charge in [-0.15, -0.1) is 0 Å². The van der Waals surface area contributed by atoms with E-state index in [0.717, 1.165) is 5.82 Å². The lowest BCUT2D eigenvalue weighted by Crippen LogP contribution is -2.20. The molecule has 0 amide bonds. The molecule has 1 aromatic rings. The standard InChI is InChI=1S/C17H32N2/c1-8-9-10-11-17(6,7)15-14(12(2)3)18-16(19-15)13(4)5/h12-13H,8-11H2,1-7H3,(H,18,19). The number of hydrogen-bond acceptors (Lipinski definition) is 1. The molecular formula is C17H32N2. The lowest BCUT2D eigenvalue weighted by Gasteiger charge is -2.25. The number of hydrogen-bond donors (Lipinski definition) is 1. The normalized spacial score (nSPS) is 12.7. The molecule has 1 rings (SSSR count). The maximum Gasteiger partial charge on any atom is 0.109 e. The molecule has 2 nitrogen and oxygen atoms in total. The van der Waals surface area contributed by atoms with Gasteiger partial charge in [0.15, 0.2) is 0 Å². The molecule has 0 atom stereocenters. The van der Waals surface area contributed by atoms with Crippen LogP contribution in [0, 0.1) is 0 Å². The highest BCUT2D eigenvalue weighted by Gasteiger charge is 2.28. The molecule has 2 heteroatoms. The number of nitrogens with one attached hydrogen (secondary N) is 1. The zero-order chi connectivity index (χ0) is 14.6. The molecule has 19 heavy (non-hydrogen) atoms. The van der Waals surface area contributed by atoms with Crippen LogP contribution in [0.2, 0.25) is 0 Å². The van der Waals surface area contributed by atoms with Gasteiger partial charge in [0.1, 0.15) is 5.82 Å².